The van der Waals surface area contributed by atoms with Crippen LogP contribution in [0.25, 0.3) is 45.6 Å². The third-order valence-electron chi connectivity index (χ3n) is 16.7. The molecule has 2 bridgehead atoms. The van der Waals surface area contributed by atoms with Gasteiger partial charge in [0.25, 0.3) is 0 Å². The minimum atomic E-state index is -0.513. The van der Waals surface area contributed by atoms with E-state index in [1.807, 2.05) is 55.1 Å². The fourth-order valence-electron chi connectivity index (χ4n) is 11.5. The van der Waals surface area contributed by atoms with Gasteiger partial charge in [-0.1, -0.05) is 87.5 Å². The van der Waals surface area contributed by atoms with Gasteiger partial charge >= 0.3 is 6.01 Å². The van der Waals surface area contributed by atoms with Gasteiger partial charge in [-0.25, -0.2) is 19.0 Å². The van der Waals surface area contributed by atoms with Crippen LogP contribution in [0.15, 0.2) is 97.5 Å². The average molecular weight is 1130 g/mol. The maximum Gasteiger partial charge on any atom is 0.319 e. The molecule has 83 heavy (non-hydrogen) atoms. The van der Waals surface area contributed by atoms with Gasteiger partial charge in [-0.2, -0.15) is 15.1 Å². The van der Waals surface area contributed by atoms with E-state index < -0.39 is 12.1 Å². The fraction of sp³-hybridized carbons (Fsp3) is 0.453. The number of H-pyrrole nitrogens is 1. The Morgan fingerprint density at radius 2 is 1.75 bits per heavy atom. The Labute approximate surface area is 484 Å². The number of piperazine rings is 1. The number of nitrogens with zero attached hydrogens (tertiary/aromatic N) is 10. The molecule has 0 spiro atoms. The van der Waals surface area contributed by atoms with Gasteiger partial charge in [0.05, 0.1) is 60.9 Å². The zero-order valence-electron chi connectivity index (χ0n) is 48.5. The zero-order chi connectivity index (χ0) is 58.0. The molecule has 0 radical (unpaired) electrons. The molecule has 1 aliphatic carbocycles. The first-order valence-corrected chi connectivity index (χ1v) is 29.7. The summed E-state index contributed by atoms with van der Waals surface area (Å²) in [6, 6.07) is 20.9. The number of aliphatic hydroxyl groups is 1. The number of anilines is 1. The number of halogens is 1. The van der Waals surface area contributed by atoms with E-state index in [0.29, 0.717) is 67.9 Å². The summed E-state index contributed by atoms with van der Waals surface area (Å²) in [5.41, 5.74) is 10.2. The number of allylic oxidation sites excluding steroid dienone is 2. The van der Waals surface area contributed by atoms with Crippen molar-refractivity contribution >= 4 is 41.2 Å². The Kier molecular flexibility index (Phi) is 19.1. The molecule has 5 atom stereocenters. The Hall–Kier alpha value is -7.74. The number of aliphatic hydroxyl groups excluding tert-OH is 1. The van der Waals surface area contributed by atoms with Crippen molar-refractivity contribution in [3.63, 3.8) is 0 Å². The van der Waals surface area contributed by atoms with Crippen LogP contribution < -0.4 is 30.8 Å². The van der Waals surface area contributed by atoms with Crippen LogP contribution in [0.3, 0.4) is 0 Å². The van der Waals surface area contributed by atoms with Crippen molar-refractivity contribution in [1.29, 1.82) is 0 Å². The van der Waals surface area contributed by atoms with Crippen LogP contribution in [-0.2, 0) is 27.2 Å². The van der Waals surface area contributed by atoms with Crippen LogP contribution in [0.5, 0.6) is 6.01 Å². The topological polar surface area (TPSA) is 214 Å². The number of fused-ring (bicyclic) bond motifs is 3. The van der Waals surface area contributed by atoms with Gasteiger partial charge in [0.15, 0.2) is 0 Å². The summed E-state index contributed by atoms with van der Waals surface area (Å²) < 4.78 is 28.8. The van der Waals surface area contributed by atoms with Crippen molar-refractivity contribution in [2.75, 3.05) is 44.4 Å². The molecule has 7 aromatic rings. The largest absolute Gasteiger partial charge is 0.460 e. The van der Waals surface area contributed by atoms with Crippen LogP contribution in [0.2, 0.25) is 0 Å². The van der Waals surface area contributed by atoms with E-state index in [1.54, 1.807) is 19.3 Å². The first kappa shape index (κ1) is 58.5. The molecule has 436 valence electrons. The number of carbonyl (C=O) groups excluding carboxylic acids is 2. The van der Waals surface area contributed by atoms with Crippen molar-refractivity contribution in [2.24, 2.45) is 5.92 Å². The maximum atomic E-state index is 14.6. The normalized spacial score (nSPS) is 20.1. The second kappa shape index (κ2) is 27.1. The Morgan fingerprint density at radius 1 is 0.976 bits per heavy atom. The van der Waals surface area contributed by atoms with E-state index in [2.05, 4.69) is 103 Å². The average Bonchev–Trinajstić information content (AvgIpc) is 4.14. The summed E-state index contributed by atoms with van der Waals surface area (Å²) in [6.45, 7) is 15.9. The Bertz CT molecular complexity index is 3470. The number of benzene rings is 3. The molecule has 18 nitrogen and oxygen atoms in total. The number of carbonyl (C=O) groups is 2. The first-order valence-electron chi connectivity index (χ1n) is 29.7. The van der Waals surface area contributed by atoms with Crippen molar-refractivity contribution in [1.82, 2.24) is 60.7 Å². The minimum absolute atomic E-state index is 0.00482. The Balaban J connectivity index is 0.000000238. The van der Waals surface area contributed by atoms with E-state index in [9.17, 15) is 19.1 Å². The third-order valence-corrected chi connectivity index (χ3v) is 16.7. The molecule has 4 saturated heterocycles. The second-order valence-electron chi connectivity index (χ2n) is 22.4. The third kappa shape index (κ3) is 13.7. The van der Waals surface area contributed by atoms with Crippen LogP contribution in [-0.4, -0.2) is 131 Å². The molecule has 1 saturated carbocycles. The number of amides is 2. The van der Waals surface area contributed by atoms with E-state index in [0.717, 1.165) is 126 Å². The highest BCUT2D eigenvalue weighted by atomic mass is 19.1. The summed E-state index contributed by atoms with van der Waals surface area (Å²) in [4.78, 5) is 46.0. The van der Waals surface area contributed by atoms with E-state index in [1.165, 1.54) is 34.5 Å². The quantitative estimate of drug-likeness (QED) is 0.0600. The summed E-state index contributed by atoms with van der Waals surface area (Å²) in [5, 5.41) is 35.0. The van der Waals surface area contributed by atoms with Crippen molar-refractivity contribution in [3.05, 3.63) is 136 Å². The molecule has 12 rings (SSSR count). The Morgan fingerprint density at radius 3 is 2.42 bits per heavy atom. The van der Waals surface area contributed by atoms with Crippen LogP contribution in [0.4, 0.5) is 10.2 Å². The van der Waals surface area contributed by atoms with Gasteiger partial charge < -0.3 is 35.0 Å². The lowest BCUT2D eigenvalue weighted by molar-refractivity contribution is -0.131. The fourth-order valence-corrected chi connectivity index (χ4v) is 11.5. The zero-order valence-corrected chi connectivity index (χ0v) is 48.5. The number of hydrogen-bond donors (Lipinski definition) is 4. The van der Waals surface area contributed by atoms with Gasteiger partial charge in [-0.15, -0.1) is 5.10 Å². The molecule has 5 fully saturated rings. The van der Waals surface area contributed by atoms with Crippen molar-refractivity contribution < 1.29 is 28.6 Å². The summed E-state index contributed by atoms with van der Waals surface area (Å²) in [6.07, 6.45) is 20.9. The predicted molar refractivity (Wildman–Crippen MR) is 319 cm³/mol. The lowest BCUT2D eigenvalue weighted by Crippen LogP contribution is -2.44. The molecule has 5 unspecified atom stereocenters. The van der Waals surface area contributed by atoms with Crippen LogP contribution in [0.1, 0.15) is 132 Å². The monoisotopic (exact) mass is 1130 g/mol. The predicted octanol–water partition coefficient (Wildman–Crippen LogP) is 8.02. The number of nitrogens with one attached hydrogen (secondary N) is 3. The number of aromatic amines is 1. The highest BCUT2D eigenvalue weighted by molar-refractivity contribution is 5.96. The van der Waals surface area contributed by atoms with Gasteiger partial charge in [-0.05, 0) is 123 Å². The molecule has 3 aromatic carbocycles. The molecule has 4 aliphatic heterocycles. The maximum absolute atomic E-state index is 14.6. The van der Waals surface area contributed by atoms with Crippen molar-refractivity contribution in [3.8, 4) is 28.5 Å². The SMILES string of the molecule is C/C=C(F)/C=c1/[nH]nc/c1=C\c1c(C2CC2)cc2c(N3CC4CC3CN4)nc(OC3CCOCC3)nc2c1CCc1ccc(-c2cn(C(C)C(C)C)nn2)cc1.CC.O=CN1CCCC1C(=O)NC(CO)c1ccc(-c2ccncn2)cc1. The van der Waals surface area contributed by atoms with E-state index >= 15 is 0 Å². The number of hydrogen-bond acceptors (Lipinski definition) is 14. The molecule has 4 aromatic heterocycles. The number of ether oxygens (including phenoxy) is 2. The van der Waals surface area contributed by atoms with E-state index in [4.69, 9.17) is 19.4 Å². The highest BCUT2D eigenvalue weighted by Crippen LogP contribution is 2.47. The van der Waals surface area contributed by atoms with Gasteiger partial charge in [-0.3, -0.25) is 14.7 Å². The number of rotatable bonds is 18. The number of aromatic nitrogens is 9. The molecular weight excluding hydrogens is 1050 g/mol. The molecule has 4 N–H and O–H groups in total. The van der Waals surface area contributed by atoms with Crippen molar-refractivity contribution in [2.45, 2.75) is 142 Å². The van der Waals surface area contributed by atoms with Crippen LogP contribution in [0, 0.1) is 5.92 Å². The van der Waals surface area contributed by atoms with Crippen LogP contribution >= 0.6 is 0 Å². The molecular formula is C64H78FN13O5. The first-order chi connectivity index (χ1) is 40.5. The summed E-state index contributed by atoms with van der Waals surface area (Å²) in [7, 11) is 0. The number of aryl methyl sites for hydroxylation is 2. The lowest BCUT2D eigenvalue weighted by atomic mass is 9.90. The molecule has 2 amide bonds. The highest BCUT2D eigenvalue weighted by Gasteiger charge is 2.40. The van der Waals surface area contributed by atoms with Gasteiger partial charge in [0.1, 0.15) is 35.8 Å². The summed E-state index contributed by atoms with van der Waals surface area (Å²) >= 11 is 0. The van der Waals surface area contributed by atoms with Gasteiger partial charge in [0.2, 0.25) is 12.3 Å². The smallest absolute Gasteiger partial charge is 0.319 e. The lowest BCUT2D eigenvalue weighted by Gasteiger charge is -2.31. The summed E-state index contributed by atoms with van der Waals surface area (Å²) in [5.74, 6) is 1.32. The minimum Gasteiger partial charge on any atom is -0.460 e. The molecule has 8 heterocycles. The van der Waals surface area contributed by atoms with E-state index in [-0.39, 0.29) is 30.5 Å². The molecule has 19 heteroatoms. The second-order valence-corrected chi connectivity index (χ2v) is 22.4. The molecule has 5 aliphatic rings. The van der Waals surface area contributed by atoms with Gasteiger partial charge in [0, 0.05) is 72.5 Å². The number of likely N-dealkylation sites (tertiary alicyclic amines) is 1. The standard InChI is InChI=1S/C44H52FN9O2.C18H20N4O3.C2H6/c1-5-32(45)19-40-31(22-47-50-40)18-38-36(13-8-28-6-9-30(10-7-28)41-25-54(52-51-41)27(4)26(2)3)42-39(21-37(38)29-11-12-29)43(53-24-33-20-34(53)23-46-33)49-44(48-42)56-35-14-16-55-17-15-35;23-10-16(21-18(25)17-2-1-9-22(17)12-24)14-5-3-13(4-6-14)15-7-8-19-11-20-15;1-2/h5-7,9-10,18-19,21-22,25-27,29,33-35,46,50H,8,11-17,20,23-24H2,1-4H3;3-8,11-12,16-17,23H,1-2,9-10H2,(H,21,25);1-2H3/b31-18+,32-5-,40-19+;;.